The number of carboxylic acids is 1. The molecule has 0 aliphatic carbocycles. The first kappa shape index (κ1) is 11.7. The molecule has 0 aromatic heterocycles. The Morgan fingerprint density at radius 1 is 1.00 bits per heavy atom. The summed E-state index contributed by atoms with van der Waals surface area (Å²) >= 11 is 1.49. The van der Waals surface area contributed by atoms with E-state index in [9.17, 15) is 4.79 Å². The summed E-state index contributed by atoms with van der Waals surface area (Å²) in [6, 6.07) is 15.0. The van der Waals surface area contributed by atoms with E-state index in [0.717, 1.165) is 15.4 Å². The monoisotopic (exact) mass is 244 g/mol. The smallest absolute Gasteiger partial charge is 0.336 e. The van der Waals surface area contributed by atoms with Gasteiger partial charge in [0.05, 0.1) is 5.56 Å². The van der Waals surface area contributed by atoms with Crippen LogP contribution in [-0.2, 0) is 0 Å². The van der Waals surface area contributed by atoms with Crippen molar-refractivity contribution >= 4 is 17.7 Å². The van der Waals surface area contributed by atoms with Crippen molar-refractivity contribution in [2.75, 3.05) is 0 Å². The number of carboxylic acid groups (broad SMARTS) is 1. The second kappa shape index (κ2) is 5.06. The first-order chi connectivity index (χ1) is 8.18. The van der Waals surface area contributed by atoms with Gasteiger partial charge in [0.1, 0.15) is 0 Å². The minimum absolute atomic E-state index is 0.348. The molecular formula is C14H12O2S. The zero-order valence-corrected chi connectivity index (χ0v) is 10.2. The highest BCUT2D eigenvalue weighted by Crippen LogP contribution is 2.32. The minimum atomic E-state index is -0.887. The van der Waals surface area contributed by atoms with Crippen LogP contribution in [-0.4, -0.2) is 11.1 Å². The van der Waals surface area contributed by atoms with Crippen LogP contribution in [0.2, 0.25) is 0 Å². The van der Waals surface area contributed by atoms with E-state index < -0.39 is 5.97 Å². The molecule has 0 radical (unpaired) electrons. The molecule has 0 atom stereocenters. The van der Waals surface area contributed by atoms with Gasteiger partial charge in [-0.2, -0.15) is 0 Å². The van der Waals surface area contributed by atoms with E-state index >= 15 is 0 Å². The lowest BCUT2D eigenvalue weighted by molar-refractivity contribution is 0.0693. The fraction of sp³-hybridized carbons (Fsp3) is 0.0714. The van der Waals surface area contributed by atoms with Gasteiger partial charge in [-0.15, -0.1) is 0 Å². The third-order valence-electron chi connectivity index (χ3n) is 2.43. The molecule has 2 aromatic rings. The maximum atomic E-state index is 11.1. The van der Waals surface area contributed by atoms with Crippen LogP contribution in [0.15, 0.2) is 58.3 Å². The molecule has 1 N–H and O–H groups in total. The standard InChI is InChI=1S/C14H12O2S/c1-10-6-2-4-8-12(10)17-13-9-5-3-7-11(13)14(15)16/h2-9H,1H3,(H,15,16). The maximum absolute atomic E-state index is 11.1. The summed E-state index contributed by atoms with van der Waals surface area (Å²) in [5, 5.41) is 9.10. The molecule has 2 aromatic carbocycles. The van der Waals surface area contributed by atoms with Crippen molar-refractivity contribution in [1.29, 1.82) is 0 Å². The number of benzene rings is 2. The van der Waals surface area contributed by atoms with Gasteiger partial charge in [0.2, 0.25) is 0 Å². The number of rotatable bonds is 3. The van der Waals surface area contributed by atoms with Gasteiger partial charge in [-0.1, -0.05) is 42.1 Å². The third kappa shape index (κ3) is 2.68. The van der Waals surface area contributed by atoms with E-state index in [4.69, 9.17) is 5.11 Å². The molecule has 0 heterocycles. The zero-order valence-electron chi connectivity index (χ0n) is 9.38. The second-order valence-corrected chi connectivity index (χ2v) is 4.75. The van der Waals surface area contributed by atoms with Gasteiger partial charge in [0.15, 0.2) is 0 Å². The van der Waals surface area contributed by atoms with E-state index in [0.29, 0.717) is 5.56 Å². The highest BCUT2D eigenvalue weighted by atomic mass is 32.2. The van der Waals surface area contributed by atoms with Crippen molar-refractivity contribution in [2.45, 2.75) is 16.7 Å². The van der Waals surface area contributed by atoms with Crippen molar-refractivity contribution in [3.8, 4) is 0 Å². The zero-order chi connectivity index (χ0) is 12.3. The molecule has 0 unspecified atom stereocenters. The van der Waals surface area contributed by atoms with Gasteiger partial charge in [-0.3, -0.25) is 0 Å². The van der Waals surface area contributed by atoms with Crippen LogP contribution < -0.4 is 0 Å². The summed E-state index contributed by atoms with van der Waals surface area (Å²) in [5.41, 5.74) is 1.50. The van der Waals surface area contributed by atoms with Crippen LogP contribution in [0, 0.1) is 6.92 Å². The number of aryl methyl sites for hydroxylation is 1. The summed E-state index contributed by atoms with van der Waals surface area (Å²) in [6.45, 7) is 2.02. The largest absolute Gasteiger partial charge is 0.478 e. The lowest BCUT2D eigenvalue weighted by atomic mass is 10.2. The van der Waals surface area contributed by atoms with Gasteiger partial charge < -0.3 is 5.11 Å². The Morgan fingerprint density at radius 2 is 1.59 bits per heavy atom. The summed E-state index contributed by atoms with van der Waals surface area (Å²) in [6.07, 6.45) is 0. The fourth-order valence-electron chi connectivity index (χ4n) is 1.52. The molecule has 0 aliphatic heterocycles. The third-order valence-corrected chi connectivity index (χ3v) is 3.68. The van der Waals surface area contributed by atoms with Crippen molar-refractivity contribution in [1.82, 2.24) is 0 Å². The molecule has 0 saturated carbocycles. The van der Waals surface area contributed by atoms with Crippen molar-refractivity contribution in [3.63, 3.8) is 0 Å². The van der Waals surface area contributed by atoms with Gasteiger partial charge in [-0.25, -0.2) is 4.79 Å². The molecule has 3 heteroatoms. The number of aromatic carboxylic acids is 1. The quantitative estimate of drug-likeness (QED) is 0.891. The van der Waals surface area contributed by atoms with Crippen LogP contribution in [0.5, 0.6) is 0 Å². The SMILES string of the molecule is Cc1ccccc1Sc1ccccc1C(=O)O. The van der Waals surface area contributed by atoms with E-state index in [1.165, 1.54) is 11.8 Å². The van der Waals surface area contributed by atoms with Gasteiger partial charge in [-0.05, 0) is 30.7 Å². The van der Waals surface area contributed by atoms with E-state index in [2.05, 4.69) is 0 Å². The van der Waals surface area contributed by atoms with E-state index in [-0.39, 0.29) is 0 Å². The highest BCUT2D eigenvalue weighted by Gasteiger charge is 2.10. The van der Waals surface area contributed by atoms with Crippen LogP contribution >= 0.6 is 11.8 Å². The number of hydrogen-bond acceptors (Lipinski definition) is 2. The lowest BCUT2D eigenvalue weighted by Gasteiger charge is -2.07. The Bertz CT molecular complexity index is 549. The Hall–Kier alpha value is -1.74. The highest BCUT2D eigenvalue weighted by molar-refractivity contribution is 7.99. The topological polar surface area (TPSA) is 37.3 Å². The summed E-state index contributed by atoms with van der Waals surface area (Å²) < 4.78 is 0. The van der Waals surface area contributed by atoms with Gasteiger partial charge in [0.25, 0.3) is 0 Å². The van der Waals surface area contributed by atoms with Crippen molar-refractivity contribution in [3.05, 3.63) is 59.7 Å². The Morgan fingerprint density at radius 3 is 2.24 bits per heavy atom. The molecule has 2 nitrogen and oxygen atoms in total. The fourth-order valence-corrected chi connectivity index (χ4v) is 2.55. The molecular weight excluding hydrogens is 232 g/mol. The van der Waals surface area contributed by atoms with Crippen LogP contribution in [0.1, 0.15) is 15.9 Å². The molecule has 0 amide bonds. The second-order valence-electron chi connectivity index (χ2n) is 3.67. The van der Waals surface area contributed by atoms with Crippen molar-refractivity contribution in [2.24, 2.45) is 0 Å². The average molecular weight is 244 g/mol. The molecule has 0 spiro atoms. The Kier molecular flexibility index (Phi) is 3.49. The predicted octanol–water partition coefficient (Wildman–Crippen LogP) is 3.84. The van der Waals surface area contributed by atoms with Gasteiger partial charge in [0, 0.05) is 9.79 Å². The minimum Gasteiger partial charge on any atom is -0.478 e. The molecule has 2 rings (SSSR count). The molecule has 0 aliphatic rings. The summed E-state index contributed by atoms with van der Waals surface area (Å²) in [4.78, 5) is 12.9. The lowest BCUT2D eigenvalue weighted by Crippen LogP contribution is -1.98. The molecule has 0 fully saturated rings. The first-order valence-corrected chi connectivity index (χ1v) is 6.06. The Labute approximate surface area is 104 Å². The van der Waals surface area contributed by atoms with E-state index in [1.807, 2.05) is 43.3 Å². The predicted molar refractivity (Wildman–Crippen MR) is 68.7 cm³/mol. The summed E-state index contributed by atoms with van der Waals surface area (Å²) in [7, 11) is 0. The van der Waals surface area contributed by atoms with E-state index in [1.54, 1.807) is 12.1 Å². The molecule has 17 heavy (non-hydrogen) atoms. The number of hydrogen-bond donors (Lipinski definition) is 1. The van der Waals surface area contributed by atoms with Crippen LogP contribution in [0.25, 0.3) is 0 Å². The molecule has 0 saturated heterocycles. The molecule has 86 valence electrons. The van der Waals surface area contributed by atoms with Crippen LogP contribution in [0.3, 0.4) is 0 Å². The summed E-state index contributed by atoms with van der Waals surface area (Å²) in [5.74, 6) is -0.887. The maximum Gasteiger partial charge on any atom is 0.336 e. The van der Waals surface area contributed by atoms with Gasteiger partial charge >= 0.3 is 5.97 Å². The van der Waals surface area contributed by atoms with Crippen molar-refractivity contribution < 1.29 is 9.90 Å². The first-order valence-electron chi connectivity index (χ1n) is 5.24. The normalized spacial score (nSPS) is 10.2. The van der Waals surface area contributed by atoms with Crippen LogP contribution in [0.4, 0.5) is 0 Å². The Balaban J connectivity index is 2.37. The molecule has 0 bridgehead atoms. The number of carbonyl (C=O) groups is 1. The average Bonchev–Trinajstić information content (AvgIpc) is 2.32.